The van der Waals surface area contributed by atoms with Crippen molar-refractivity contribution in [3.63, 3.8) is 0 Å². The highest BCUT2D eigenvalue weighted by molar-refractivity contribution is 9.12. The number of Topliss-reactive ketones (excluding diaryl/α,β-unsaturated/α-hetero) is 2. The Morgan fingerprint density at radius 3 is 2.56 bits per heavy atom. The van der Waals surface area contributed by atoms with E-state index in [1.54, 1.807) is 0 Å². The molecule has 0 aromatic heterocycles. The second-order valence-electron chi connectivity index (χ2n) is 6.34. The average molecular weight is 409 g/mol. The van der Waals surface area contributed by atoms with Crippen molar-refractivity contribution in [3.8, 4) is 5.75 Å². The summed E-state index contributed by atoms with van der Waals surface area (Å²) >= 11 is 3.20. The molecule has 0 amide bonds. The second-order valence-corrected chi connectivity index (χ2v) is 7.13. The minimum atomic E-state index is -0.309. The highest BCUT2D eigenvalue weighted by atomic mass is 79.9. The molecule has 2 atom stereocenters. The van der Waals surface area contributed by atoms with E-state index in [0.29, 0.717) is 17.7 Å². The van der Waals surface area contributed by atoms with Crippen molar-refractivity contribution >= 4 is 27.5 Å². The predicted molar refractivity (Wildman–Crippen MR) is 96.5 cm³/mol. The maximum absolute atomic E-state index is 12.9. The van der Waals surface area contributed by atoms with Crippen molar-refractivity contribution in [2.45, 2.75) is 45.3 Å². The van der Waals surface area contributed by atoms with E-state index in [0.717, 1.165) is 24.0 Å². The lowest BCUT2D eigenvalue weighted by Gasteiger charge is -2.34. The molecule has 134 valence electrons. The molecule has 2 unspecified atom stereocenters. The van der Waals surface area contributed by atoms with Gasteiger partial charge in [-0.1, -0.05) is 13.3 Å². The normalized spacial score (nSPS) is 22.6. The van der Waals surface area contributed by atoms with E-state index in [1.165, 1.54) is 14.2 Å². The molecule has 1 aliphatic carbocycles. The van der Waals surface area contributed by atoms with Crippen LogP contribution < -0.4 is 4.74 Å². The number of ether oxygens (including phenoxy) is 3. The topological polar surface area (TPSA) is 61.8 Å². The third-order valence-electron chi connectivity index (χ3n) is 4.67. The first-order valence-corrected chi connectivity index (χ1v) is 9.16. The van der Waals surface area contributed by atoms with Crippen LogP contribution in [0.1, 0.15) is 64.6 Å². The molecule has 0 bridgehead atoms. The van der Waals surface area contributed by atoms with Crippen LogP contribution >= 0.6 is 15.9 Å². The van der Waals surface area contributed by atoms with Gasteiger partial charge in [0.15, 0.2) is 5.76 Å². The molecule has 1 aliphatic heterocycles. The van der Waals surface area contributed by atoms with Gasteiger partial charge in [-0.2, -0.15) is 0 Å². The first kappa shape index (κ1) is 18.1. The molecule has 0 spiro atoms. The van der Waals surface area contributed by atoms with Gasteiger partial charge in [-0.05, 0) is 47.3 Å². The molecule has 0 N–H and O–H groups in total. The summed E-state index contributed by atoms with van der Waals surface area (Å²) in [5.41, 5.74) is 2.52. The van der Waals surface area contributed by atoms with Crippen LogP contribution in [0.5, 0.6) is 5.75 Å². The SMILES string of the molecule is CCCC1OC(C)Cc2cc3c(c(OC)c21)C(=O)C(Br)=C(OC)C3=O. The smallest absolute Gasteiger partial charge is 0.229 e. The number of carbonyl (C=O) groups is 2. The minimum Gasteiger partial charge on any atom is -0.496 e. The summed E-state index contributed by atoms with van der Waals surface area (Å²) in [5.74, 6) is -0.135. The molecule has 1 aromatic rings. The average Bonchev–Trinajstić information content (AvgIpc) is 2.58. The molecule has 6 heteroatoms. The van der Waals surface area contributed by atoms with Crippen LogP contribution in [0.2, 0.25) is 0 Å². The summed E-state index contributed by atoms with van der Waals surface area (Å²) in [6, 6.07) is 1.81. The largest absolute Gasteiger partial charge is 0.496 e. The van der Waals surface area contributed by atoms with Gasteiger partial charge in [0.2, 0.25) is 11.6 Å². The number of ketones is 2. The van der Waals surface area contributed by atoms with Crippen LogP contribution in [0.3, 0.4) is 0 Å². The van der Waals surface area contributed by atoms with E-state index in [9.17, 15) is 9.59 Å². The minimum absolute atomic E-state index is 0.0321. The zero-order valence-electron chi connectivity index (χ0n) is 14.8. The number of halogens is 1. The highest BCUT2D eigenvalue weighted by Gasteiger charge is 2.39. The number of fused-ring (bicyclic) bond motifs is 2. The van der Waals surface area contributed by atoms with E-state index in [1.807, 2.05) is 13.0 Å². The predicted octanol–water partition coefficient (Wildman–Crippen LogP) is 4.13. The Balaban J connectivity index is 2.28. The van der Waals surface area contributed by atoms with Crippen LogP contribution in [0.25, 0.3) is 0 Å². The molecule has 3 rings (SSSR count). The molecule has 5 nitrogen and oxygen atoms in total. The molecule has 25 heavy (non-hydrogen) atoms. The standard InChI is InChI=1S/C19H21BrO5/c1-5-6-12-13-10(7-9(2)25-12)8-11-14(18(13)23-3)17(22)15(20)19(24-4)16(11)21/h8-9,12H,5-7H2,1-4H3. The molecule has 0 saturated heterocycles. The van der Waals surface area contributed by atoms with Gasteiger partial charge in [0.25, 0.3) is 0 Å². The van der Waals surface area contributed by atoms with Crippen LogP contribution in [0.4, 0.5) is 0 Å². The molecule has 2 aliphatic rings. The van der Waals surface area contributed by atoms with Gasteiger partial charge in [0.05, 0.1) is 32.0 Å². The summed E-state index contributed by atoms with van der Waals surface area (Å²) in [4.78, 5) is 25.7. The number of hydrogen-bond donors (Lipinski definition) is 0. The Morgan fingerprint density at radius 1 is 1.24 bits per heavy atom. The molecule has 0 saturated carbocycles. The van der Waals surface area contributed by atoms with Gasteiger partial charge >= 0.3 is 0 Å². The fourth-order valence-electron chi connectivity index (χ4n) is 3.66. The van der Waals surface area contributed by atoms with E-state index < -0.39 is 0 Å². The summed E-state index contributed by atoms with van der Waals surface area (Å²) < 4.78 is 17.0. The van der Waals surface area contributed by atoms with Crippen LogP contribution in [-0.4, -0.2) is 31.9 Å². The van der Waals surface area contributed by atoms with Gasteiger partial charge in [-0.3, -0.25) is 9.59 Å². The molecule has 1 aromatic carbocycles. The summed E-state index contributed by atoms with van der Waals surface area (Å²) in [7, 11) is 2.91. The van der Waals surface area contributed by atoms with E-state index in [-0.39, 0.29) is 39.6 Å². The Kier molecular flexibility index (Phi) is 5.02. The zero-order chi connectivity index (χ0) is 18.3. The van der Waals surface area contributed by atoms with Gasteiger partial charge in [0.1, 0.15) is 10.2 Å². The lowest BCUT2D eigenvalue weighted by Crippen LogP contribution is -2.28. The van der Waals surface area contributed by atoms with Gasteiger partial charge in [-0.15, -0.1) is 0 Å². The lowest BCUT2D eigenvalue weighted by molar-refractivity contribution is -0.0214. The van der Waals surface area contributed by atoms with E-state index >= 15 is 0 Å². The maximum Gasteiger partial charge on any atom is 0.229 e. The maximum atomic E-state index is 12.9. The second kappa shape index (κ2) is 6.92. The molecule has 0 fully saturated rings. The Morgan fingerprint density at radius 2 is 1.96 bits per heavy atom. The van der Waals surface area contributed by atoms with Crippen LogP contribution in [0.15, 0.2) is 16.3 Å². The first-order valence-electron chi connectivity index (χ1n) is 8.36. The van der Waals surface area contributed by atoms with Crippen molar-refractivity contribution < 1.29 is 23.8 Å². The van der Waals surface area contributed by atoms with E-state index in [4.69, 9.17) is 14.2 Å². The van der Waals surface area contributed by atoms with Crippen molar-refractivity contribution in [3.05, 3.63) is 38.6 Å². The molecular formula is C19H21BrO5. The number of methoxy groups -OCH3 is 2. The number of carbonyl (C=O) groups excluding carboxylic acids is 2. The van der Waals surface area contributed by atoms with Crippen LogP contribution in [0, 0.1) is 0 Å². The Labute approximate surface area is 155 Å². The molecular weight excluding hydrogens is 388 g/mol. The van der Waals surface area contributed by atoms with E-state index in [2.05, 4.69) is 22.9 Å². The van der Waals surface area contributed by atoms with Crippen molar-refractivity contribution in [1.29, 1.82) is 0 Å². The van der Waals surface area contributed by atoms with Crippen LogP contribution in [-0.2, 0) is 15.9 Å². The molecule has 1 heterocycles. The number of benzene rings is 1. The van der Waals surface area contributed by atoms with Crippen molar-refractivity contribution in [1.82, 2.24) is 0 Å². The summed E-state index contributed by atoms with van der Waals surface area (Å²) in [5, 5.41) is 0. The van der Waals surface area contributed by atoms with Crippen molar-refractivity contribution in [2.75, 3.05) is 14.2 Å². The third kappa shape index (κ3) is 2.81. The quantitative estimate of drug-likeness (QED) is 0.749. The Hall–Kier alpha value is -1.66. The van der Waals surface area contributed by atoms with Gasteiger partial charge < -0.3 is 14.2 Å². The first-order chi connectivity index (χ1) is 11.9. The van der Waals surface area contributed by atoms with Gasteiger partial charge in [0, 0.05) is 11.1 Å². The third-order valence-corrected chi connectivity index (χ3v) is 5.39. The monoisotopic (exact) mass is 408 g/mol. The summed E-state index contributed by atoms with van der Waals surface area (Å²) in [6.07, 6.45) is 2.35. The van der Waals surface area contributed by atoms with Gasteiger partial charge in [-0.25, -0.2) is 0 Å². The fourth-order valence-corrected chi connectivity index (χ4v) is 4.20. The molecule has 0 radical (unpaired) electrons. The summed E-state index contributed by atoms with van der Waals surface area (Å²) in [6.45, 7) is 4.10. The number of allylic oxidation sites excluding steroid dienone is 2. The number of rotatable bonds is 4. The number of hydrogen-bond acceptors (Lipinski definition) is 5. The highest BCUT2D eigenvalue weighted by Crippen LogP contribution is 2.45. The van der Waals surface area contributed by atoms with Crippen molar-refractivity contribution in [2.24, 2.45) is 0 Å². The Bertz CT molecular complexity index is 781. The fraction of sp³-hybridized carbons (Fsp3) is 0.474. The lowest BCUT2D eigenvalue weighted by atomic mass is 9.83. The zero-order valence-corrected chi connectivity index (χ0v) is 16.4.